The zero-order valence-corrected chi connectivity index (χ0v) is 27.7. The van der Waals surface area contributed by atoms with Gasteiger partial charge in [-0.05, 0) is 50.1 Å². The largest absolute Gasteiger partial charge is 0.480 e. The lowest BCUT2D eigenvalue weighted by atomic mass is 9.97. The molecule has 0 aliphatic rings. The third kappa shape index (κ3) is 16.2. The van der Waals surface area contributed by atoms with Gasteiger partial charge in [0.05, 0.1) is 13.1 Å². The van der Waals surface area contributed by atoms with Crippen molar-refractivity contribution in [2.45, 2.75) is 83.0 Å². The zero-order valence-electron chi connectivity index (χ0n) is 27.7. The number of unbranched alkanes of at least 4 members (excludes halogenated alkanes) is 1. The van der Waals surface area contributed by atoms with Crippen LogP contribution in [0.25, 0.3) is 0 Å². The van der Waals surface area contributed by atoms with Crippen molar-refractivity contribution < 1.29 is 33.9 Å². The van der Waals surface area contributed by atoms with Crippen molar-refractivity contribution >= 4 is 41.5 Å². The molecule has 268 valence electrons. The summed E-state index contributed by atoms with van der Waals surface area (Å²) in [4.78, 5) is 80.2. The van der Waals surface area contributed by atoms with Gasteiger partial charge in [0.2, 0.25) is 29.5 Å². The first-order valence-corrected chi connectivity index (χ1v) is 16.0. The van der Waals surface area contributed by atoms with E-state index in [2.05, 4.69) is 31.6 Å². The van der Waals surface area contributed by atoms with Crippen LogP contribution < -0.4 is 49.5 Å². The molecule has 0 aliphatic heterocycles. The molecule has 48 heavy (non-hydrogen) atoms. The second-order valence-electron chi connectivity index (χ2n) is 11.4. The molecule has 1 rings (SSSR count). The van der Waals surface area contributed by atoms with E-state index in [1.165, 1.54) is 0 Å². The molecule has 0 spiro atoms. The molecule has 0 heterocycles. The van der Waals surface area contributed by atoms with Gasteiger partial charge < -0.3 is 54.6 Å². The van der Waals surface area contributed by atoms with Crippen LogP contribution in [0.2, 0.25) is 0 Å². The summed E-state index contributed by atoms with van der Waals surface area (Å²) >= 11 is 0. The summed E-state index contributed by atoms with van der Waals surface area (Å²) in [5.74, 6) is -4.99. The molecule has 5 unspecified atom stereocenters. The molecule has 0 saturated heterocycles. The average Bonchev–Trinajstić information content (AvgIpc) is 3.06. The minimum absolute atomic E-state index is 0.0501. The normalized spacial score (nSPS) is 13.8. The Bertz CT molecular complexity index is 1230. The lowest BCUT2D eigenvalue weighted by Crippen LogP contribution is -2.57. The van der Waals surface area contributed by atoms with E-state index >= 15 is 0 Å². The summed E-state index contributed by atoms with van der Waals surface area (Å²) in [5.41, 5.74) is 22.4. The fraction of sp³-hybridized carbons (Fsp3) is 0.581. The summed E-state index contributed by atoms with van der Waals surface area (Å²) in [5, 5.41) is 22.4. The highest BCUT2D eigenvalue weighted by atomic mass is 16.4. The summed E-state index contributed by atoms with van der Waals surface area (Å²) < 4.78 is 0. The molecule has 5 amide bonds. The summed E-state index contributed by atoms with van der Waals surface area (Å²) in [6, 6.07) is 4.57. The first-order valence-electron chi connectivity index (χ1n) is 16.0. The fourth-order valence-electron chi connectivity index (χ4n) is 4.59. The molecule has 0 radical (unpaired) electrons. The second kappa shape index (κ2) is 22.7. The van der Waals surface area contributed by atoms with Crippen LogP contribution in [0.4, 0.5) is 0 Å². The van der Waals surface area contributed by atoms with E-state index in [-0.39, 0.29) is 50.7 Å². The Morgan fingerprint density at radius 1 is 0.792 bits per heavy atom. The number of hydrogen-bond donors (Lipinski definition) is 10. The van der Waals surface area contributed by atoms with Gasteiger partial charge in [-0.3, -0.25) is 29.0 Å². The van der Waals surface area contributed by atoms with Crippen molar-refractivity contribution in [2.75, 3.05) is 26.2 Å². The van der Waals surface area contributed by atoms with Crippen LogP contribution in [0, 0.1) is 5.92 Å². The predicted molar refractivity (Wildman–Crippen MR) is 180 cm³/mol. The van der Waals surface area contributed by atoms with Crippen molar-refractivity contribution in [3.8, 4) is 0 Å². The molecule has 0 bridgehead atoms. The Morgan fingerprint density at radius 2 is 1.44 bits per heavy atom. The van der Waals surface area contributed by atoms with E-state index in [0.717, 1.165) is 5.56 Å². The Balaban J connectivity index is 2.95. The third-order valence-corrected chi connectivity index (χ3v) is 7.49. The predicted octanol–water partition coefficient (Wildman–Crippen LogP) is -2.44. The molecule has 0 fully saturated rings. The van der Waals surface area contributed by atoms with E-state index in [9.17, 15) is 33.9 Å². The molecule has 14 N–H and O–H groups in total. The number of carboxylic acid groups (broad SMARTS) is 1. The molecular formula is C31H52N10O7. The van der Waals surface area contributed by atoms with Gasteiger partial charge >= 0.3 is 5.97 Å². The van der Waals surface area contributed by atoms with Crippen molar-refractivity contribution in [3.63, 3.8) is 0 Å². The van der Waals surface area contributed by atoms with Gasteiger partial charge in [-0.15, -0.1) is 0 Å². The highest BCUT2D eigenvalue weighted by molar-refractivity contribution is 5.95. The summed E-state index contributed by atoms with van der Waals surface area (Å²) in [7, 11) is 0. The molecule has 0 aliphatic carbocycles. The second-order valence-corrected chi connectivity index (χ2v) is 11.4. The van der Waals surface area contributed by atoms with Crippen LogP contribution in [-0.4, -0.2) is 96.9 Å². The smallest absolute Gasteiger partial charge is 0.326 e. The van der Waals surface area contributed by atoms with E-state index < -0.39 is 66.2 Å². The van der Waals surface area contributed by atoms with Crippen LogP contribution >= 0.6 is 0 Å². The van der Waals surface area contributed by atoms with Crippen LogP contribution in [-0.2, 0) is 35.2 Å². The van der Waals surface area contributed by atoms with E-state index in [0.29, 0.717) is 25.8 Å². The average molecular weight is 677 g/mol. The number of hydrogen-bond acceptors (Lipinski definition) is 9. The minimum Gasteiger partial charge on any atom is -0.480 e. The number of carbonyl (C=O) groups excluding carboxylic acids is 5. The van der Waals surface area contributed by atoms with Crippen molar-refractivity contribution in [1.29, 1.82) is 0 Å². The van der Waals surface area contributed by atoms with E-state index in [1.807, 2.05) is 6.07 Å². The molecule has 1 aromatic rings. The molecule has 5 atom stereocenters. The van der Waals surface area contributed by atoms with Crippen molar-refractivity contribution in [2.24, 2.45) is 33.8 Å². The maximum Gasteiger partial charge on any atom is 0.326 e. The quantitative estimate of drug-likeness (QED) is 0.0330. The Morgan fingerprint density at radius 3 is 2.02 bits per heavy atom. The molecule has 1 aromatic carbocycles. The third-order valence-electron chi connectivity index (χ3n) is 7.49. The SMILES string of the molecule is CCC(C)C(NC(=O)CNC(=O)C(CCCCN)NC(=O)C(Cc1ccccc1)NC(=O)CN)C(=O)NC(CCCN=C(N)N)C(=O)O. The zero-order chi connectivity index (χ0) is 36.1. The van der Waals surface area contributed by atoms with Gasteiger partial charge in [-0.25, -0.2) is 4.79 Å². The number of aliphatic imine (C=N–C) groups is 1. The lowest BCUT2D eigenvalue weighted by molar-refractivity contribution is -0.142. The van der Waals surface area contributed by atoms with Crippen LogP contribution in [0.5, 0.6) is 0 Å². The van der Waals surface area contributed by atoms with Gasteiger partial charge in [0.1, 0.15) is 24.2 Å². The van der Waals surface area contributed by atoms with Crippen LogP contribution in [0.1, 0.15) is 57.9 Å². The summed E-state index contributed by atoms with van der Waals surface area (Å²) in [6.07, 6.45) is 2.24. The molecule has 17 heteroatoms. The molecule has 0 saturated carbocycles. The maximum absolute atomic E-state index is 13.3. The van der Waals surface area contributed by atoms with Gasteiger partial charge in [0.25, 0.3) is 0 Å². The maximum atomic E-state index is 13.3. The number of rotatable bonds is 23. The number of nitrogens with one attached hydrogen (secondary N) is 5. The summed E-state index contributed by atoms with van der Waals surface area (Å²) in [6.45, 7) is 3.21. The van der Waals surface area contributed by atoms with Gasteiger partial charge in [-0.2, -0.15) is 0 Å². The fourth-order valence-corrected chi connectivity index (χ4v) is 4.59. The first-order chi connectivity index (χ1) is 22.8. The number of guanidine groups is 1. The Labute approximate surface area is 280 Å². The van der Waals surface area contributed by atoms with Gasteiger partial charge in [0.15, 0.2) is 5.96 Å². The Hall–Kier alpha value is -4.77. The Kier molecular flexibility index (Phi) is 19.5. The van der Waals surface area contributed by atoms with Crippen LogP contribution in [0.15, 0.2) is 35.3 Å². The standard InChI is InChI=1S/C31H52N10O7/c1-3-19(2)26(29(46)40-22(30(47)48)13-9-15-36-31(34)35)41-25(43)18-37-27(44)21(12-7-8-14-32)39-28(45)23(38-24(42)17-33)16-20-10-5-4-6-11-20/h4-6,10-11,19,21-23,26H,3,7-9,12-18,32-33H2,1-2H3,(H,37,44)(H,38,42)(H,39,45)(H,40,46)(H,41,43)(H,47,48)(H4,34,35,36). The van der Waals surface area contributed by atoms with E-state index in [1.54, 1.807) is 38.1 Å². The van der Waals surface area contributed by atoms with Gasteiger partial charge in [-0.1, -0.05) is 50.6 Å². The number of carbonyl (C=O) groups is 6. The molecular weight excluding hydrogens is 624 g/mol. The topological polar surface area (TPSA) is 299 Å². The van der Waals surface area contributed by atoms with Crippen molar-refractivity contribution in [3.05, 3.63) is 35.9 Å². The van der Waals surface area contributed by atoms with Crippen LogP contribution in [0.3, 0.4) is 0 Å². The number of aliphatic carboxylic acids is 1. The first kappa shape index (κ1) is 41.3. The monoisotopic (exact) mass is 676 g/mol. The number of carboxylic acids is 1. The minimum atomic E-state index is -1.26. The van der Waals surface area contributed by atoms with E-state index in [4.69, 9.17) is 22.9 Å². The van der Waals surface area contributed by atoms with Crippen molar-refractivity contribution in [1.82, 2.24) is 26.6 Å². The number of nitrogens with two attached hydrogens (primary N) is 4. The molecule has 0 aromatic heterocycles. The highest BCUT2D eigenvalue weighted by Gasteiger charge is 2.31. The van der Waals surface area contributed by atoms with Gasteiger partial charge in [0, 0.05) is 13.0 Å². The highest BCUT2D eigenvalue weighted by Crippen LogP contribution is 2.10. The molecule has 17 nitrogen and oxygen atoms in total. The number of amides is 5. The number of benzene rings is 1. The lowest BCUT2D eigenvalue weighted by Gasteiger charge is -2.26. The number of nitrogens with zero attached hydrogens (tertiary/aromatic N) is 1.